The smallest absolute Gasteiger partial charge is 0.334 e. The Bertz CT molecular complexity index is 433. The van der Waals surface area contributed by atoms with E-state index in [2.05, 4.69) is 13.8 Å². The van der Waals surface area contributed by atoms with Gasteiger partial charge in [0.05, 0.1) is 25.4 Å². The van der Waals surface area contributed by atoms with Crippen molar-refractivity contribution in [1.82, 2.24) is 0 Å². The van der Waals surface area contributed by atoms with Crippen molar-refractivity contribution in [3.8, 4) is 0 Å². The van der Waals surface area contributed by atoms with E-state index in [1.807, 2.05) is 6.92 Å². The normalized spacial score (nSPS) is 33.1. The summed E-state index contributed by atoms with van der Waals surface area (Å²) in [6, 6.07) is 0. The molecule has 0 aliphatic heterocycles. The Kier molecular flexibility index (Phi) is 2.39. The minimum absolute atomic E-state index is 0.0833. The van der Waals surface area contributed by atoms with Gasteiger partial charge in [0.25, 0.3) is 0 Å². The van der Waals surface area contributed by atoms with Crippen LogP contribution in [0.1, 0.15) is 27.2 Å². The fraction of sp³-hybridized carbons (Fsp3) is 0.692. The third-order valence-corrected chi connectivity index (χ3v) is 4.87. The van der Waals surface area contributed by atoms with Gasteiger partial charge in [-0.2, -0.15) is 0 Å². The minimum atomic E-state index is -0.402. The first-order valence-corrected chi connectivity index (χ1v) is 5.72. The van der Waals surface area contributed by atoms with Gasteiger partial charge < -0.3 is 9.47 Å². The van der Waals surface area contributed by atoms with Crippen LogP contribution in [0.4, 0.5) is 0 Å². The first-order valence-electron chi connectivity index (χ1n) is 5.72. The molecule has 4 heteroatoms. The van der Waals surface area contributed by atoms with Crippen LogP contribution in [-0.4, -0.2) is 26.2 Å². The van der Waals surface area contributed by atoms with Crippen LogP contribution in [0, 0.1) is 16.7 Å². The monoisotopic (exact) mass is 238 g/mol. The molecule has 17 heavy (non-hydrogen) atoms. The van der Waals surface area contributed by atoms with E-state index in [9.17, 15) is 9.59 Å². The van der Waals surface area contributed by atoms with Gasteiger partial charge in [-0.25, -0.2) is 9.59 Å². The second-order valence-electron chi connectivity index (χ2n) is 5.58. The summed E-state index contributed by atoms with van der Waals surface area (Å²) in [5.74, 6) is -0.695. The molecule has 2 bridgehead atoms. The molecule has 0 spiro atoms. The molecule has 3 aliphatic carbocycles. The molecule has 3 aliphatic rings. The lowest BCUT2D eigenvalue weighted by atomic mass is 9.49. The lowest BCUT2D eigenvalue weighted by Gasteiger charge is -2.54. The van der Waals surface area contributed by atoms with Gasteiger partial charge in [-0.1, -0.05) is 20.8 Å². The molecule has 0 N–H and O–H groups in total. The van der Waals surface area contributed by atoms with Crippen molar-refractivity contribution in [3.05, 3.63) is 11.1 Å². The molecule has 0 unspecified atom stereocenters. The largest absolute Gasteiger partial charge is 0.466 e. The molecule has 0 aromatic heterocycles. The highest BCUT2D eigenvalue weighted by atomic mass is 16.5. The van der Waals surface area contributed by atoms with E-state index in [0.29, 0.717) is 11.1 Å². The van der Waals surface area contributed by atoms with E-state index >= 15 is 0 Å². The SMILES string of the molecule is COC(=O)C1=C(C(=O)OC)[C@]2(C)C[C@H]1C2(C)C. The maximum atomic E-state index is 11.9. The van der Waals surface area contributed by atoms with Crippen molar-refractivity contribution in [2.75, 3.05) is 14.2 Å². The first kappa shape index (κ1) is 12.1. The van der Waals surface area contributed by atoms with Gasteiger partial charge in [-0.15, -0.1) is 0 Å². The molecular weight excluding hydrogens is 220 g/mol. The van der Waals surface area contributed by atoms with Crippen molar-refractivity contribution >= 4 is 11.9 Å². The fourth-order valence-corrected chi connectivity index (χ4v) is 3.33. The lowest BCUT2D eigenvalue weighted by molar-refractivity contribution is -0.140. The summed E-state index contributed by atoms with van der Waals surface area (Å²) in [6.45, 7) is 6.19. The summed E-state index contributed by atoms with van der Waals surface area (Å²) in [5.41, 5.74) is 0.683. The Morgan fingerprint density at radius 3 is 2.06 bits per heavy atom. The summed E-state index contributed by atoms with van der Waals surface area (Å²) in [5, 5.41) is 0. The summed E-state index contributed by atoms with van der Waals surface area (Å²) >= 11 is 0. The average molecular weight is 238 g/mol. The zero-order chi connectivity index (χ0) is 13.0. The molecule has 0 amide bonds. The molecular formula is C13H18O4. The van der Waals surface area contributed by atoms with Gasteiger partial charge in [0.15, 0.2) is 0 Å². The van der Waals surface area contributed by atoms with Gasteiger partial charge in [0, 0.05) is 5.41 Å². The number of carbonyl (C=O) groups excluding carboxylic acids is 2. The molecule has 0 aromatic rings. The predicted molar refractivity (Wildman–Crippen MR) is 61.1 cm³/mol. The predicted octanol–water partition coefficient (Wildman–Crippen LogP) is 1.69. The molecule has 4 nitrogen and oxygen atoms in total. The van der Waals surface area contributed by atoms with Gasteiger partial charge >= 0.3 is 11.9 Å². The topological polar surface area (TPSA) is 52.6 Å². The quantitative estimate of drug-likeness (QED) is 0.687. The summed E-state index contributed by atoms with van der Waals surface area (Å²) < 4.78 is 9.60. The van der Waals surface area contributed by atoms with E-state index in [0.717, 1.165) is 6.42 Å². The van der Waals surface area contributed by atoms with Crippen molar-refractivity contribution < 1.29 is 19.1 Å². The zero-order valence-electron chi connectivity index (χ0n) is 10.9. The number of rotatable bonds is 2. The number of carbonyl (C=O) groups is 2. The molecule has 0 heterocycles. The molecule has 0 aromatic carbocycles. The number of esters is 2. The average Bonchev–Trinajstić information content (AvgIpc) is 2.72. The number of methoxy groups -OCH3 is 2. The Hall–Kier alpha value is -1.32. The second-order valence-corrected chi connectivity index (χ2v) is 5.58. The highest BCUT2D eigenvalue weighted by Crippen LogP contribution is 2.72. The zero-order valence-corrected chi connectivity index (χ0v) is 10.9. The van der Waals surface area contributed by atoms with Crippen LogP contribution in [0.5, 0.6) is 0 Å². The molecule has 0 saturated heterocycles. The van der Waals surface area contributed by atoms with Crippen LogP contribution < -0.4 is 0 Å². The fourth-order valence-electron chi connectivity index (χ4n) is 3.33. The van der Waals surface area contributed by atoms with Crippen molar-refractivity contribution in [2.45, 2.75) is 27.2 Å². The van der Waals surface area contributed by atoms with Crippen LogP contribution in [0.3, 0.4) is 0 Å². The standard InChI is InChI=1S/C13H18O4/c1-12(2)7-6-13(12,3)9(11(15)17-5)8(7)10(14)16-4/h7H,6H2,1-5H3/t7-,13+/m1/s1. The molecule has 0 radical (unpaired) electrons. The maximum Gasteiger partial charge on any atom is 0.334 e. The third-order valence-electron chi connectivity index (χ3n) is 4.87. The number of hydrogen-bond donors (Lipinski definition) is 0. The van der Waals surface area contributed by atoms with Gasteiger partial charge in [0.1, 0.15) is 0 Å². The van der Waals surface area contributed by atoms with Crippen LogP contribution in [0.15, 0.2) is 11.1 Å². The van der Waals surface area contributed by atoms with E-state index < -0.39 is 11.9 Å². The van der Waals surface area contributed by atoms with Gasteiger partial charge in [0.2, 0.25) is 0 Å². The van der Waals surface area contributed by atoms with E-state index in [1.54, 1.807) is 0 Å². The Balaban J connectivity index is 2.54. The number of hydrogen-bond acceptors (Lipinski definition) is 4. The summed E-state index contributed by atoms with van der Waals surface area (Å²) in [4.78, 5) is 23.7. The Labute approximate surface area is 101 Å². The number of ether oxygens (including phenoxy) is 2. The van der Waals surface area contributed by atoms with Crippen molar-refractivity contribution in [1.29, 1.82) is 0 Å². The highest BCUT2D eigenvalue weighted by Gasteiger charge is 2.69. The van der Waals surface area contributed by atoms with Crippen molar-refractivity contribution in [3.63, 3.8) is 0 Å². The first-order chi connectivity index (χ1) is 7.81. The van der Waals surface area contributed by atoms with Gasteiger partial charge in [-0.3, -0.25) is 0 Å². The third kappa shape index (κ3) is 1.18. The minimum Gasteiger partial charge on any atom is -0.466 e. The van der Waals surface area contributed by atoms with Crippen LogP contribution >= 0.6 is 0 Å². The maximum absolute atomic E-state index is 11.9. The lowest BCUT2D eigenvalue weighted by Crippen LogP contribution is -2.49. The van der Waals surface area contributed by atoms with Crippen molar-refractivity contribution in [2.24, 2.45) is 16.7 Å². The molecule has 2 atom stereocenters. The summed E-state index contributed by atoms with van der Waals surface area (Å²) in [7, 11) is 2.69. The summed E-state index contributed by atoms with van der Waals surface area (Å²) in [6.07, 6.45) is 0.828. The molecule has 3 rings (SSSR count). The van der Waals surface area contributed by atoms with E-state index in [-0.39, 0.29) is 16.7 Å². The van der Waals surface area contributed by atoms with Crippen LogP contribution in [0.2, 0.25) is 0 Å². The van der Waals surface area contributed by atoms with E-state index in [1.165, 1.54) is 14.2 Å². The molecule has 1 saturated carbocycles. The highest BCUT2D eigenvalue weighted by molar-refractivity contribution is 6.04. The molecule has 94 valence electrons. The second kappa shape index (κ2) is 3.34. The Morgan fingerprint density at radius 2 is 1.65 bits per heavy atom. The van der Waals surface area contributed by atoms with E-state index in [4.69, 9.17) is 9.47 Å². The van der Waals surface area contributed by atoms with Crippen LogP contribution in [0.25, 0.3) is 0 Å². The van der Waals surface area contributed by atoms with Crippen LogP contribution in [-0.2, 0) is 19.1 Å². The Morgan fingerprint density at radius 1 is 1.12 bits per heavy atom. The van der Waals surface area contributed by atoms with Gasteiger partial charge in [-0.05, 0) is 17.8 Å². The molecule has 1 fully saturated rings.